The van der Waals surface area contributed by atoms with Crippen molar-refractivity contribution in [2.45, 2.75) is 19.4 Å². The van der Waals surface area contributed by atoms with Crippen molar-refractivity contribution in [2.75, 3.05) is 5.32 Å². The van der Waals surface area contributed by atoms with E-state index in [0.717, 1.165) is 0 Å². The summed E-state index contributed by atoms with van der Waals surface area (Å²) in [4.78, 5) is 10.7. The summed E-state index contributed by atoms with van der Waals surface area (Å²) in [5.41, 5.74) is -0.522. The van der Waals surface area contributed by atoms with E-state index in [2.05, 4.69) is 21.4 Å². The van der Waals surface area contributed by atoms with Gasteiger partial charge in [0, 0.05) is 0 Å². The molecule has 5 nitrogen and oxygen atoms in total. The number of carboxylic acids is 1. The van der Waals surface area contributed by atoms with Crippen LogP contribution in [0.5, 0.6) is 0 Å². The molecule has 0 saturated heterocycles. The molecule has 15 heavy (non-hydrogen) atoms. The summed E-state index contributed by atoms with van der Waals surface area (Å²) < 4.78 is 0. The number of nitrogens with zero attached hydrogens (tertiary/aromatic N) is 2. The average Bonchev–Trinajstić information content (AvgIpc) is 2.17. The fraction of sp³-hybridized carbons (Fsp3) is 0.300. The van der Waals surface area contributed by atoms with Crippen molar-refractivity contribution in [1.82, 2.24) is 10.2 Å². The van der Waals surface area contributed by atoms with Crippen LogP contribution in [0, 0.1) is 12.3 Å². The van der Waals surface area contributed by atoms with E-state index in [0.29, 0.717) is 5.82 Å². The van der Waals surface area contributed by atoms with Crippen LogP contribution in [0.2, 0.25) is 0 Å². The minimum atomic E-state index is -1.05. The smallest absolute Gasteiger partial charge is 0.337 e. The van der Waals surface area contributed by atoms with Crippen molar-refractivity contribution in [2.24, 2.45) is 0 Å². The second-order valence-corrected chi connectivity index (χ2v) is 3.53. The fourth-order valence-corrected chi connectivity index (χ4v) is 0.901. The first kappa shape index (κ1) is 11.0. The van der Waals surface area contributed by atoms with E-state index < -0.39 is 11.5 Å². The highest BCUT2D eigenvalue weighted by Gasteiger charge is 2.15. The Kier molecular flexibility index (Phi) is 2.90. The van der Waals surface area contributed by atoms with Gasteiger partial charge in [-0.1, -0.05) is 5.92 Å². The van der Waals surface area contributed by atoms with E-state index >= 15 is 0 Å². The van der Waals surface area contributed by atoms with Gasteiger partial charge in [-0.25, -0.2) is 4.79 Å². The van der Waals surface area contributed by atoms with E-state index in [9.17, 15) is 4.79 Å². The van der Waals surface area contributed by atoms with E-state index in [-0.39, 0.29) is 5.56 Å². The van der Waals surface area contributed by atoms with Gasteiger partial charge < -0.3 is 10.4 Å². The first-order valence-electron chi connectivity index (χ1n) is 4.26. The standard InChI is InChI=1S/C10H11N3O2/c1-4-10(2,3)12-8-5-7(9(14)15)6-11-13-8/h1,5-6H,2-3H3,(H,12,13)(H,14,15). The van der Waals surface area contributed by atoms with E-state index in [1.807, 2.05) is 0 Å². The summed E-state index contributed by atoms with van der Waals surface area (Å²) in [7, 11) is 0. The largest absolute Gasteiger partial charge is 0.478 e. The molecule has 0 aliphatic carbocycles. The Morgan fingerprint density at radius 3 is 2.87 bits per heavy atom. The number of hydrogen-bond donors (Lipinski definition) is 2. The Bertz CT molecular complexity index is 421. The minimum Gasteiger partial charge on any atom is -0.478 e. The minimum absolute atomic E-state index is 0.0697. The van der Waals surface area contributed by atoms with Gasteiger partial charge >= 0.3 is 5.97 Å². The Morgan fingerprint density at radius 2 is 2.33 bits per heavy atom. The summed E-state index contributed by atoms with van der Waals surface area (Å²) in [5.74, 6) is 1.81. The molecule has 1 rings (SSSR count). The first-order chi connectivity index (χ1) is 6.94. The second-order valence-electron chi connectivity index (χ2n) is 3.53. The predicted octanol–water partition coefficient (Wildman–Crippen LogP) is 0.998. The maximum atomic E-state index is 10.7. The topological polar surface area (TPSA) is 75.1 Å². The average molecular weight is 205 g/mol. The van der Waals surface area contributed by atoms with Crippen molar-refractivity contribution in [3.63, 3.8) is 0 Å². The molecule has 1 heterocycles. The van der Waals surface area contributed by atoms with Crippen molar-refractivity contribution in [3.8, 4) is 12.3 Å². The molecule has 0 fully saturated rings. The number of terminal acetylenes is 1. The SMILES string of the molecule is C#CC(C)(C)Nc1cc(C(=O)O)cnn1. The molecule has 5 heteroatoms. The van der Waals surface area contributed by atoms with Crippen LogP contribution in [0.3, 0.4) is 0 Å². The highest BCUT2D eigenvalue weighted by Crippen LogP contribution is 2.12. The molecular weight excluding hydrogens is 194 g/mol. The molecule has 1 aromatic rings. The van der Waals surface area contributed by atoms with Crippen LogP contribution in [0.1, 0.15) is 24.2 Å². The quantitative estimate of drug-likeness (QED) is 0.720. The zero-order valence-electron chi connectivity index (χ0n) is 8.48. The van der Waals surface area contributed by atoms with Crippen LogP contribution >= 0.6 is 0 Å². The van der Waals surface area contributed by atoms with E-state index in [1.165, 1.54) is 12.3 Å². The zero-order chi connectivity index (χ0) is 11.5. The third kappa shape index (κ3) is 2.95. The highest BCUT2D eigenvalue weighted by atomic mass is 16.4. The zero-order valence-corrected chi connectivity index (χ0v) is 8.48. The third-order valence-corrected chi connectivity index (χ3v) is 1.70. The van der Waals surface area contributed by atoms with Gasteiger partial charge in [0.15, 0.2) is 5.82 Å². The van der Waals surface area contributed by atoms with Gasteiger partial charge in [0.25, 0.3) is 0 Å². The fourth-order valence-electron chi connectivity index (χ4n) is 0.901. The Morgan fingerprint density at radius 1 is 1.67 bits per heavy atom. The second kappa shape index (κ2) is 3.96. The summed E-state index contributed by atoms with van der Waals surface area (Å²) in [5, 5.41) is 18.9. The van der Waals surface area contributed by atoms with Crippen LogP contribution in [-0.4, -0.2) is 26.8 Å². The van der Waals surface area contributed by atoms with Crippen LogP contribution in [0.15, 0.2) is 12.3 Å². The number of anilines is 1. The molecule has 0 radical (unpaired) electrons. The maximum absolute atomic E-state index is 10.7. The van der Waals surface area contributed by atoms with Crippen molar-refractivity contribution in [1.29, 1.82) is 0 Å². The number of aromatic nitrogens is 2. The van der Waals surface area contributed by atoms with Crippen LogP contribution in [-0.2, 0) is 0 Å². The van der Waals surface area contributed by atoms with Gasteiger partial charge in [0.05, 0.1) is 17.3 Å². The van der Waals surface area contributed by atoms with Crippen LogP contribution in [0.25, 0.3) is 0 Å². The van der Waals surface area contributed by atoms with Crippen molar-refractivity contribution < 1.29 is 9.90 Å². The molecule has 0 aliphatic rings. The van der Waals surface area contributed by atoms with Crippen molar-refractivity contribution >= 4 is 11.8 Å². The molecule has 0 bridgehead atoms. The predicted molar refractivity (Wildman–Crippen MR) is 55.5 cm³/mol. The first-order valence-corrected chi connectivity index (χ1v) is 4.26. The molecular formula is C10H11N3O2. The Balaban J connectivity index is 2.93. The lowest BCUT2D eigenvalue weighted by Crippen LogP contribution is -2.29. The van der Waals surface area contributed by atoms with Crippen LogP contribution in [0.4, 0.5) is 5.82 Å². The summed E-state index contributed by atoms with van der Waals surface area (Å²) >= 11 is 0. The molecule has 1 aromatic heterocycles. The van der Waals surface area contributed by atoms with Gasteiger partial charge in [-0.15, -0.1) is 11.5 Å². The highest BCUT2D eigenvalue weighted by molar-refractivity contribution is 5.87. The van der Waals surface area contributed by atoms with Gasteiger partial charge in [0.2, 0.25) is 0 Å². The molecule has 2 N–H and O–H groups in total. The normalized spacial score (nSPS) is 10.5. The van der Waals surface area contributed by atoms with Crippen molar-refractivity contribution in [3.05, 3.63) is 17.8 Å². The number of aromatic carboxylic acids is 1. The molecule has 0 spiro atoms. The number of hydrogen-bond acceptors (Lipinski definition) is 4. The summed E-state index contributed by atoms with van der Waals surface area (Å²) in [6.07, 6.45) is 6.45. The number of rotatable bonds is 3. The van der Waals surface area contributed by atoms with Gasteiger partial charge in [-0.05, 0) is 19.9 Å². The number of carbonyl (C=O) groups is 1. The lowest BCUT2D eigenvalue weighted by atomic mass is 10.1. The molecule has 0 unspecified atom stereocenters. The van der Waals surface area contributed by atoms with Crippen LogP contribution < -0.4 is 5.32 Å². The summed E-state index contributed by atoms with van der Waals surface area (Å²) in [6, 6.07) is 1.38. The molecule has 0 aliphatic heterocycles. The molecule has 0 aromatic carbocycles. The Hall–Kier alpha value is -2.09. The number of nitrogens with one attached hydrogen (secondary N) is 1. The lowest BCUT2D eigenvalue weighted by molar-refractivity contribution is 0.0696. The van der Waals surface area contributed by atoms with E-state index in [1.54, 1.807) is 13.8 Å². The monoisotopic (exact) mass is 205 g/mol. The lowest BCUT2D eigenvalue weighted by Gasteiger charge is -2.19. The summed E-state index contributed by atoms with van der Waals surface area (Å²) in [6.45, 7) is 3.56. The molecule has 0 saturated carbocycles. The van der Waals surface area contributed by atoms with Gasteiger partial charge in [0.1, 0.15) is 0 Å². The molecule has 78 valence electrons. The molecule has 0 amide bonds. The van der Waals surface area contributed by atoms with Gasteiger partial charge in [-0.3, -0.25) is 0 Å². The molecule has 0 atom stereocenters. The van der Waals surface area contributed by atoms with E-state index in [4.69, 9.17) is 11.5 Å². The Labute approximate surface area is 87.5 Å². The van der Waals surface area contributed by atoms with Gasteiger partial charge in [-0.2, -0.15) is 5.10 Å². The third-order valence-electron chi connectivity index (χ3n) is 1.70. The number of carboxylic acid groups (broad SMARTS) is 1. The maximum Gasteiger partial charge on any atom is 0.337 e.